The molecule has 0 spiro atoms. The van der Waals surface area contributed by atoms with Crippen LogP contribution in [0.15, 0.2) is 4.99 Å². The van der Waals surface area contributed by atoms with Gasteiger partial charge in [0.25, 0.3) is 0 Å². The molecule has 1 aliphatic carbocycles. The monoisotopic (exact) mass is 211 g/mol. The Morgan fingerprint density at radius 2 is 1.80 bits per heavy atom. The van der Waals surface area contributed by atoms with Gasteiger partial charge < -0.3 is 4.74 Å². The fraction of sp³-hybridized carbons (Fsp3) is 0.923. The standard InChI is InChI=1S/C13H25NO/c1-2-3-11-15-12-7-10-14-13-8-5-4-6-9-13/h2-12H2,1H3. The first-order valence-corrected chi connectivity index (χ1v) is 6.53. The second-order valence-electron chi connectivity index (χ2n) is 4.33. The normalized spacial score (nSPS) is 16.7. The Kier molecular flexibility index (Phi) is 7.53. The Balaban J connectivity index is 1.91. The summed E-state index contributed by atoms with van der Waals surface area (Å²) in [6, 6.07) is 0. The Morgan fingerprint density at radius 3 is 2.53 bits per heavy atom. The predicted molar refractivity (Wildman–Crippen MR) is 65.7 cm³/mol. The lowest BCUT2D eigenvalue weighted by atomic mass is 9.98. The van der Waals surface area contributed by atoms with Crippen molar-refractivity contribution in [1.82, 2.24) is 0 Å². The minimum Gasteiger partial charge on any atom is -0.381 e. The van der Waals surface area contributed by atoms with E-state index in [0.717, 1.165) is 26.2 Å². The van der Waals surface area contributed by atoms with Crippen molar-refractivity contribution in [2.75, 3.05) is 19.8 Å². The molecule has 0 aromatic carbocycles. The highest BCUT2D eigenvalue weighted by Crippen LogP contribution is 2.14. The molecule has 1 fully saturated rings. The van der Waals surface area contributed by atoms with Gasteiger partial charge in [-0.2, -0.15) is 0 Å². The molecule has 0 atom stereocenters. The molecule has 2 heteroatoms. The van der Waals surface area contributed by atoms with Gasteiger partial charge in [-0.05, 0) is 38.5 Å². The first-order chi connectivity index (χ1) is 7.43. The molecule has 0 aromatic rings. The first kappa shape index (κ1) is 12.7. The van der Waals surface area contributed by atoms with Gasteiger partial charge in [0.15, 0.2) is 0 Å². The Hall–Kier alpha value is -0.370. The first-order valence-electron chi connectivity index (χ1n) is 6.53. The average Bonchev–Trinajstić information content (AvgIpc) is 2.29. The van der Waals surface area contributed by atoms with Crippen LogP contribution in [0.1, 0.15) is 58.3 Å². The van der Waals surface area contributed by atoms with Gasteiger partial charge in [0.05, 0.1) is 0 Å². The molecule has 0 heterocycles. The molecule has 0 aliphatic heterocycles. The van der Waals surface area contributed by atoms with Crippen LogP contribution in [0.4, 0.5) is 0 Å². The number of rotatable bonds is 7. The highest BCUT2D eigenvalue weighted by atomic mass is 16.5. The summed E-state index contributed by atoms with van der Waals surface area (Å²) >= 11 is 0. The van der Waals surface area contributed by atoms with Crippen LogP contribution in [0.2, 0.25) is 0 Å². The summed E-state index contributed by atoms with van der Waals surface area (Å²) in [7, 11) is 0. The van der Waals surface area contributed by atoms with Gasteiger partial charge in [0.2, 0.25) is 0 Å². The Morgan fingerprint density at radius 1 is 1.07 bits per heavy atom. The molecule has 1 saturated carbocycles. The van der Waals surface area contributed by atoms with Crippen LogP contribution in [0.5, 0.6) is 0 Å². The van der Waals surface area contributed by atoms with E-state index in [-0.39, 0.29) is 0 Å². The second kappa shape index (κ2) is 8.90. The van der Waals surface area contributed by atoms with E-state index in [1.54, 1.807) is 0 Å². The fourth-order valence-corrected chi connectivity index (χ4v) is 1.87. The predicted octanol–water partition coefficient (Wildman–Crippen LogP) is 3.60. The molecule has 0 unspecified atom stereocenters. The molecule has 0 aromatic heterocycles. The lowest BCUT2D eigenvalue weighted by Crippen LogP contribution is -2.06. The third-order valence-corrected chi connectivity index (χ3v) is 2.86. The third kappa shape index (κ3) is 6.67. The van der Waals surface area contributed by atoms with Gasteiger partial charge in [-0.25, -0.2) is 0 Å². The second-order valence-corrected chi connectivity index (χ2v) is 4.33. The van der Waals surface area contributed by atoms with Crippen LogP contribution in [0, 0.1) is 0 Å². The molecular formula is C13H25NO. The maximum Gasteiger partial charge on any atom is 0.0483 e. The van der Waals surface area contributed by atoms with Gasteiger partial charge >= 0.3 is 0 Å². The van der Waals surface area contributed by atoms with Crippen LogP contribution in [-0.2, 0) is 4.74 Å². The molecule has 1 rings (SSSR count). The highest BCUT2D eigenvalue weighted by Gasteiger charge is 2.05. The summed E-state index contributed by atoms with van der Waals surface area (Å²) in [4.78, 5) is 4.64. The molecule has 2 nitrogen and oxygen atoms in total. The van der Waals surface area contributed by atoms with Crippen molar-refractivity contribution in [3.63, 3.8) is 0 Å². The number of hydrogen-bond acceptors (Lipinski definition) is 2. The Labute approximate surface area is 94.1 Å². The van der Waals surface area contributed by atoms with E-state index in [4.69, 9.17) is 4.74 Å². The van der Waals surface area contributed by atoms with Crippen molar-refractivity contribution in [1.29, 1.82) is 0 Å². The number of nitrogens with zero attached hydrogens (tertiary/aromatic N) is 1. The minimum atomic E-state index is 0.886. The van der Waals surface area contributed by atoms with Crippen LogP contribution in [-0.4, -0.2) is 25.5 Å². The van der Waals surface area contributed by atoms with Crippen LogP contribution >= 0.6 is 0 Å². The summed E-state index contributed by atoms with van der Waals surface area (Å²) in [6.45, 7) is 4.98. The molecule has 15 heavy (non-hydrogen) atoms. The minimum absolute atomic E-state index is 0.886. The quantitative estimate of drug-likeness (QED) is 0.590. The van der Waals surface area contributed by atoms with Crippen molar-refractivity contribution in [3.05, 3.63) is 0 Å². The fourth-order valence-electron chi connectivity index (χ4n) is 1.87. The van der Waals surface area contributed by atoms with Crippen LogP contribution in [0.3, 0.4) is 0 Å². The zero-order valence-corrected chi connectivity index (χ0v) is 10.1. The molecule has 0 amide bonds. The Bertz CT molecular complexity index is 169. The van der Waals surface area contributed by atoms with Crippen molar-refractivity contribution < 1.29 is 4.74 Å². The molecule has 0 bridgehead atoms. The summed E-state index contributed by atoms with van der Waals surface area (Å²) in [5, 5.41) is 0. The lowest BCUT2D eigenvalue weighted by Gasteiger charge is -2.12. The largest absolute Gasteiger partial charge is 0.381 e. The van der Waals surface area contributed by atoms with E-state index < -0.39 is 0 Å². The van der Waals surface area contributed by atoms with Crippen molar-refractivity contribution in [2.45, 2.75) is 58.3 Å². The molecule has 0 saturated heterocycles. The van der Waals surface area contributed by atoms with Gasteiger partial charge in [-0.15, -0.1) is 0 Å². The van der Waals surface area contributed by atoms with Gasteiger partial charge in [0, 0.05) is 25.5 Å². The SMILES string of the molecule is CCCCOCCCN=C1CCCCC1. The highest BCUT2D eigenvalue weighted by molar-refractivity contribution is 5.84. The van der Waals surface area contributed by atoms with Gasteiger partial charge in [-0.3, -0.25) is 4.99 Å². The average molecular weight is 211 g/mol. The van der Waals surface area contributed by atoms with Crippen molar-refractivity contribution >= 4 is 5.71 Å². The molecular weight excluding hydrogens is 186 g/mol. The number of aliphatic imine (C=N–C) groups is 1. The number of unbranched alkanes of at least 4 members (excludes halogenated alkanes) is 1. The number of ether oxygens (including phenoxy) is 1. The van der Waals surface area contributed by atoms with Crippen LogP contribution < -0.4 is 0 Å². The van der Waals surface area contributed by atoms with Gasteiger partial charge in [-0.1, -0.05) is 19.8 Å². The summed E-state index contributed by atoms with van der Waals surface area (Å²) < 4.78 is 5.49. The van der Waals surface area contributed by atoms with Crippen molar-refractivity contribution in [3.8, 4) is 0 Å². The smallest absolute Gasteiger partial charge is 0.0483 e. The van der Waals surface area contributed by atoms with Gasteiger partial charge in [0.1, 0.15) is 0 Å². The summed E-state index contributed by atoms with van der Waals surface area (Å²) in [5.74, 6) is 0. The maximum absolute atomic E-state index is 5.49. The van der Waals surface area contributed by atoms with E-state index in [2.05, 4.69) is 11.9 Å². The number of hydrogen-bond donors (Lipinski definition) is 0. The third-order valence-electron chi connectivity index (χ3n) is 2.86. The summed E-state index contributed by atoms with van der Waals surface area (Å²) in [6.07, 6.45) is 10.1. The van der Waals surface area contributed by atoms with Crippen LogP contribution in [0.25, 0.3) is 0 Å². The topological polar surface area (TPSA) is 21.6 Å². The van der Waals surface area contributed by atoms with E-state index in [1.807, 2.05) is 0 Å². The van der Waals surface area contributed by atoms with E-state index in [9.17, 15) is 0 Å². The molecule has 0 N–H and O–H groups in total. The molecule has 88 valence electrons. The van der Waals surface area contributed by atoms with Crippen molar-refractivity contribution in [2.24, 2.45) is 4.99 Å². The lowest BCUT2D eigenvalue weighted by molar-refractivity contribution is 0.130. The van der Waals surface area contributed by atoms with E-state index in [0.29, 0.717) is 0 Å². The maximum atomic E-state index is 5.49. The zero-order chi connectivity index (χ0) is 10.8. The molecule has 0 radical (unpaired) electrons. The van der Waals surface area contributed by atoms with E-state index in [1.165, 1.54) is 50.7 Å². The molecule has 1 aliphatic rings. The summed E-state index contributed by atoms with van der Waals surface area (Å²) in [5.41, 5.74) is 1.45. The van der Waals surface area contributed by atoms with E-state index >= 15 is 0 Å². The zero-order valence-electron chi connectivity index (χ0n) is 10.1.